The zero-order valence-corrected chi connectivity index (χ0v) is 12.4. The second-order valence-corrected chi connectivity index (χ2v) is 5.50. The van der Waals surface area contributed by atoms with Gasteiger partial charge < -0.3 is 11.1 Å². The number of rotatable bonds is 4. The smallest absolute Gasteiger partial charge is 0.266 e. The monoisotopic (exact) mass is 308 g/mol. The summed E-state index contributed by atoms with van der Waals surface area (Å²) >= 11 is 6.12. The number of thiocarbonyl (C=S) groups is 1. The number of aryl methyl sites for hydroxylation is 1. The van der Waals surface area contributed by atoms with Gasteiger partial charge in [0.15, 0.2) is 0 Å². The molecule has 2 rings (SSSR count). The molecule has 20 heavy (non-hydrogen) atoms. The minimum Gasteiger partial charge on any atom is -0.389 e. The van der Waals surface area contributed by atoms with Crippen LogP contribution in [0.3, 0.4) is 0 Å². The fraction of sp³-hybridized carbons (Fsp3) is 0.143. The molecule has 0 saturated carbocycles. The lowest BCUT2D eigenvalue weighted by atomic mass is 10.1. The Morgan fingerprint density at radius 2 is 2.20 bits per heavy atom. The number of nitrogens with one attached hydrogen (secondary N) is 1. The van der Waals surface area contributed by atoms with Crippen molar-refractivity contribution >= 4 is 40.1 Å². The SMILES string of the molecule is CCc1ccsc1C(=O)Nc1ccc(C(N)=S)cc1F. The number of carbonyl (C=O) groups excluding carboxylic acids is 1. The van der Waals surface area contributed by atoms with Gasteiger partial charge in [-0.25, -0.2) is 4.39 Å². The van der Waals surface area contributed by atoms with Gasteiger partial charge in [-0.1, -0.05) is 19.1 Å². The predicted molar refractivity (Wildman–Crippen MR) is 83.9 cm³/mol. The van der Waals surface area contributed by atoms with Crippen molar-refractivity contribution in [3.05, 3.63) is 51.5 Å². The van der Waals surface area contributed by atoms with Gasteiger partial charge in [0.1, 0.15) is 10.8 Å². The van der Waals surface area contributed by atoms with Crippen molar-refractivity contribution in [2.45, 2.75) is 13.3 Å². The zero-order chi connectivity index (χ0) is 14.7. The Morgan fingerprint density at radius 1 is 1.45 bits per heavy atom. The molecule has 104 valence electrons. The molecule has 3 nitrogen and oxygen atoms in total. The fourth-order valence-electron chi connectivity index (χ4n) is 1.76. The van der Waals surface area contributed by atoms with E-state index in [1.165, 1.54) is 23.5 Å². The molecule has 1 aromatic carbocycles. The maximum Gasteiger partial charge on any atom is 0.266 e. The van der Waals surface area contributed by atoms with E-state index in [0.717, 1.165) is 12.0 Å². The fourth-order valence-corrected chi connectivity index (χ4v) is 2.78. The minimum absolute atomic E-state index is 0.116. The lowest BCUT2D eigenvalue weighted by Gasteiger charge is -2.08. The first-order valence-corrected chi connectivity index (χ1v) is 7.28. The van der Waals surface area contributed by atoms with E-state index in [4.69, 9.17) is 18.0 Å². The van der Waals surface area contributed by atoms with E-state index in [-0.39, 0.29) is 16.6 Å². The van der Waals surface area contributed by atoms with Gasteiger partial charge in [-0.05, 0) is 41.6 Å². The summed E-state index contributed by atoms with van der Waals surface area (Å²) in [7, 11) is 0. The van der Waals surface area contributed by atoms with Crippen LogP contribution in [0.5, 0.6) is 0 Å². The van der Waals surface area contributed by atoms with Crippen molar-refractivity contribution in [1.29, 1.82) is 0 Å². The average molecular weight is 308 g/mol. The van der Waals surface area contributed by atoms with Gasteiger partial charge >= 0.3 is 0 Å². The van der Waals surface area contributed by atoms with E-state index in [1.807, 2.05) is 18.4 Å². The molecular weight excluding hydrogens is 295 g/mol. The number of hydrogen-bond donors (Lipinski definition) is 2. The van der Waals surface area contributed by atoms with Crippen molar-refractivity contribution < 1.29 is 9.18 Å². The Bertz CT molecular complexity index is 667. The van der Waals surface area contributed by atoms with Crippen LogP contribution in [0.2, 0.25) is 0 Å². The van der Waals surface area contributed by atoms with Crippen molar-refractivity contribution in [3.63, 3.8) is 0 Å². The summed E-state index contributed by atoms with van der Waals surface area (Å²) in [5, 5.41) is 4.41. The number of hydrogen-bond acceptors (Lipinski definition) is 3. The van der Waals surface area contributed by atoms with Crippen LogP contribution < -0.4 is 11.1 Å². The number of carbonyl (C=O) groups is 1. The Balaban J connectivity index is 2.22. The van der Waals surface area contributed by atoms with Crippen LogP contribution in [0.4, 0.5) is 10.1 Å². The maximum absolute atomic E-state index is 13.9. The van der Waals surface area contributed by atoms with Crippen molar-refractivity contribution in [3.8, 4) is 0 Å². The second-order valence-electron chi connectivity index (χ2n) is 4.14. The highest BCUT2D eigenvalue weighted by Gasteiger charge is 2.14. The summed E-state index contributed by atoms with van der Waals surface area (Å²) in [6.45, 7) is 1.97. The Morgan fingerprint density at radius 3 is 2.80 bits per heavy atom. The van der Waals surface area contributed by atoms with Gasteiger partial charge in [-0.3, -0.25) is 4.79 Å². The van der Waals surface area contributed by atoms with E-state index >= 15 is 0 Å². The van der Waals surface area contributed by atoms with Crippen molar-refractivity contribution in [2.75, 3.05) is 5.32 Å². The van der Waals surface area contributed by atoms with Crippen molar-refractivity contribution in [1.82, 2.24) is 0 Å². The molecule has 3 N–H and O–H groups in total. The summed E-state index contributed by atoms with van der Waals surface area (Å²) < 4.78 is 13.9. The van der Waals surface area contributed by atoms with Crippen LogP contribution in [0.1, 0.15) is 27.7 Å². The van der Waals surface area contributed by atoms with Crippen LogP contribution >= 0.6 is 23.6 Å². The summed E-state index contributed by atoms with van der Waals surface area (Å²) in [6.07, 6.45) is 0.759. The molecule has 6 heteroatoms. The molecule has 0 aliphatic rings. The minimum atomic E-state index is -0.557. The zero-order valence-electron chi connectivity index (χ0n) is 10.8. The molecule has 0 aliphatic heterocycles. The van der Waals surface area contributed by atoms with Crippen LogP contribution in [0.25, 0.3) is 0 Å². The quantitative estimate of drug-likeness (QED) is 0.852. The van der Waals surface area contributed by atoms with Gasteiger partial charge in [-0.15, -0.1) is 11.3 Å². The second kappa shape index (κ2) is 6.11. The van der Waals surface area contributed by atoms with Gasteiger partial charge in [0.05, 0.1) is 10.6 Å². The Hall–Kier alpha value is -1.79. The topological polar surface area (TPSA) is 55.1 Å². The highest BCUT2D eigenvalue weighted by atomic mass is 32.1. The molecule has 1 heterocycles. The standard InChI is InChI=1S/C14H13FN2OS2/c1-2-8-5-6-20-12(8)14(18)17-11-4-3-9(13(16)19)7-10(11)15/h3-7H,2H2,1H3,(H2,16,19)(H,17,18). The molecule has 0 saturated heterocycles. The molecular formula is C14H13FN2OS2. The average Bonchev–Trinajstić information content (AvgIpc) is 2.89. The first-order valence-electron chi connectivity index (χ1n) is 6.00. The third-order valence-corrected chi connectivity index (χ3v) is 4.03. The van der Waals surface area contributed by atoms with Gasteiger partial charge in [0.25, 0.3) is 5.91 Å². The highest BCUT2D eigenvalue weighted by molar-refractivity contribution is 7.80. The largest absolute Gasteiger partial charge is 0.389 e. The molecule has 0 unspecified atom stereocenters. The number of thiophene rings is 1. The summed E-state index contributed by atoms with van der Waals surface area (Å²) in [6, 6.07) is 6.15. The number of anilines is 1. The van der Waals surface area contributed by atoms with Crippen LogP contribution in [-0.2, 0) is 6.42 Å². The lowest BCUT2D eigenvalue weighted by molar-refractivity contribution is 0.102. The van der Waals surface area contributed by atoms with E-state index in [9.17, 15) is 9.18 Å². The summed E-state index contributed by atoms with van der Waals surface area (Å²) in [5.74, 6) is -0.864. The number of nitrogens with two attached hydrogens (primary N) is 1. The molecule has 0 bridgehead atoms. The summed E-state index contributed by atoms with van der Waals surface area (Å²) in [4.78, 5) is 12.8. The third kappa shape index (κ3) is 3.02. The molecule has 2 aromatic rings. The Labute approximate surface area is 125 Å². The molecule has 0 fully saturated rings. The van der Waals surface area contributed by atoms with Gasteiger partial charge in [-0.2, -0.15) is 0 Å². The maximum atomic E-state index is 13.9. The highest BCUT2D eigenvalue weighted by Crippen LogP contribution is 2.21. The lowest BCUT2D eigenvalue weighted by Crippen LogP contribution is -2.14. The predicted octanol–water partition coefficient (Wildman–Crippen LogP) is 3.34. The van der Waals surface area contributed by atoms with Crippen LogP contribution in [0, 0.1) is 5.82 Å². The summed E-state index contributed by atoms with van der Waals surface area (Å²) in [5.41, 5.74) is 6.93. The van der Waals surface area contributed by atoms with E-state index in [0.29, 0.717) is 10.4 Å². The van der Waals surface area contributed by atoms with Crippen molar-refractivity contribution in [2.24, 2.45) is 5.73 Å². The molecule has 0 aliphatic carbocycles. The number of amides is 1. The van der Waals surface area contributed by atoms with Gasteiger partial charge in [0, 0.05) is 5.56 Å². The van der Waals surface area contributed by atoms with E-state index in [2.05, 4.69) is 5.32 Å². The first kappa shape index (κ1) is 14.6. The molecule has 0 radical (unpaired) electrons. The third-order valence-electron chi connectivity index (χ3n) is 2.84. The molecule has 0 atom stereocenters. The van der Waals surface area contributed by atoms with Crippen LogP contribution in [0.15, 0.2) is 29.6 Å². The molecule has 0 spiro atoms. The van der Waals surface area contributed by atoms with Crippen LogP contribution in [-0.4, -0.2) is 10.9 Å². The Kier molecular flexibility index (Phi) is 4.46. The normalized spacial score (nSPS) is 10.3. The number of halogens is 1. The van der Waals surface area contributed by atoms with E-state index < -0.39 is 5.82 Å². The molecule has 1 amide bonds. The molecule has 1 aromatic heterocycles. The number of benzene rings is 1. The first-order chi connectivity index (χ1) is 9.52. The van der Waals surface area contributed by atoms with Gasteiger partial charge in [0.2, 0.25) is 0 Å². The van der Waals surface area contributed by atoms with E-state index in [1.54, 1.807) is 6.07 Å².